The molecule has 0 aromatic carbocycles. The largest absolute Gasteiger partial charge is 0.397 e. The molecule has 0 bridgehead atoms. The minimum Gasteiger partial charge on any atom is -0.397 e. The van der Waals surface area contributed by atoms with Crippen molar-refractivity contribution in [3.05, 3.63) is 12.3 Å². The van der Waals surface area contributed by atoms with Gasteiger partial charge in [0.15, 0.2) is 5.82 Å². The highest BCUT2D eigenvalue weighted by Gasteiger charge is 1.91. The van der Waals surface area contributed by atoms with Crippen LogP contribution >= 0.6 is 11.8 Å². The number of nitrogens with zero attached hydrogens (tertiary/aromatic N) is 2. The number of hydrogen-bond acceptors (Lipinski definition) is 5. The summed E-state index contributed by atoms with van der Waals surface area (Å²) in [5, 5.41) is 7.21. The fourth-order valence-corrected chi connectivity index (χ4v) is 0.588. The Bertz CT molecular complexity index is 215. The van der Waals surface area contributed by atoms with Crippen molar-refractivity contribution < 1.29 is 0 Å². The van der Waals surface area contributed by atoms with Gasteiger partial charge in [0.2, 0.25) is 0 Å². The lowest BCUT2D eigenvalue weighted by atomic mass is 10.5. The predicted octanol–water partition coefficient (Wildman–Crippen LogP) is 0.129. The Hall–Kier alpha value is -1.07. The second-order valence-electron chi connectivity index (χ2n) is 1.59. The first-order valence-electron chi connectivity index (χ1n) is 2.53. The molecule has 10 heavy (non-hydrogen) atoms. The first-order chi connectivity index (χ1) is 4.83. The van der Waals surface area contributed by atoms with Crippen molar-refractivity contribution in [1.29, 1.82) is 0 Å². The Labute approximate surface area is 62.7 Å². The van der Waals surface area contributed by atoms with Crippen LogP contribution in [0.1, 0.15) is 0 Å². The van der Waals surface area contributed by atoms with E-state index in [1.165, 1.54) is 6.20 Å². The monoisotopic (exact) mass is 159 g/mol. The van der Waals surface area contributed by atoms with Gasteiger partial charge in [-0.2, -0.15) is 5.10 Å². The highest BCUT2D eigenvalue weighted by atomic mass is 35.5. The summed E-state index contributed by atoms with van der Waals surface area (Å²) >= 11 is 5.12. The molecule has 0 aliphatic carbocycles. The molecule has 1 aromatic heterocycles. The van der Waals surface area contributed by atoms with Gasteiger partial charge in [0, 0.05) is 6.07 Å². The van der Waals surface area contributed by atoms with Gasteiger partial charge in [-0.15, -0.1) is 10.0 Å². The SMILES string of the molecule is Nc1cnnc(NNCl)c1. The number of nitrogens with two attached hydrogens (primary N) is 1. The molecule has 0 amide bonds. The third-order valence-electron chi connectivity index (χ3n) is 0.851. The number of hydrazine groups is 1. The van der Waals surface area contributed by atoms with E-state index in [0.29, 0.717) is 11.5 Å². The molecule has 0 saturated heterocycles. The molecule has 1 rings (SSSR count). The van der Waals surface area contributed by atoms with E-state index < -0.39 is 0 Å². The number of rotatable bonds is 2. The lowest BCUT2D eigenvalue weighted by molar-refractivity contribution is 1.01. The smallest absolute Gasteiger partial charge is 0.165 e. The van der Waals surface area contributed by atoms with Crippen LogP contribution in [0.2, 0.25) is 0 Å². The van der Waals surface area contributed by atoms with Crippen LogP contribution in [0.5, 0.6) is 0 Å². The van der Waals surface area contributed by atoms with Gasteiger partial charge in [-0.1, -0.05) is 0 Å². The van der Waals surface area contributed by atoms with Crippen molar-refractivity contribution in [2.24, 2.45) is 0 Å². The van der Waals surface area contributed by atoms with Crippen LogP contribution in [-0.4, -0.2) is 10.2 Å². The van der Waals surface area contributed by atoms with E-state index in [-0.39, 0.29) is 0 Å². The molecular formula is C4H6ClN5. The number of aromatic nitrogens is 2. The molecule has 4 N–H and O–H groups in total. The van der Waals surface area contributed by atoms with E-state index in [0.717, 1.165) is 0 Å². The lowest BCUT2D eigenvalue weighted by Gasteiger charge is -1.98. The summed E-state index contributed by atoms with van der Waals surface area (Å²) in [7, 11) is 0. The maximum Gasteiger partial charge on any atom is 0.165 e. The van der Waals surface area contributed by atoms with Gasteiger partial charge in [-0.3, -0.25) is 5.43 Å². The summed E-state index contributed by atoms with van der Waals surface area (Å²) in [5.41, 5.74) is 8.42. The summed E-state index contributed by atoms with van der Waals surface area (Å²) in [4.78, 5) is 2.18. The molecular weight excluding hydrogens is 154 g/mol. The van der Waals surface area contributed by atoms with Crippen molar-refractivity contribution in [2.75, 3.05) is 11.2 Å². The standard InChI is InChI=1S/C4H6ClN5/c5-10-9-4-1-3(6)2-7-8-4/h1-2,10H,(H3,6,8,9). The summed E-state index contributed by atoms with van der Waals surface area (Å²) in [6.07, 6.45) is 1.44. The molecule has 0 aliphatic rings. The van der Waals surface area contributed by atoms with E-state index in [9.17, 15) is 0 Å². The van der Waals surface area contributed by atoms with E-state index in [4.69, 9.17) is 17.5 Å². The second-order valence-corrected chi connectivity index (χ2v) is 1.78. The van der Waals surface area contributed by atoms with Crippen molar-refractivity contribution in [3.63, 3.8) is 0 Å². The molecule has 0 aliphatic heterocycles. The molecule has 0 atom stereocenters. The van der Waals surface area contributed by atoms with Gasteiger partial charge >= 0.3 is 0 Å². The Morgan fingerprint density at radius 2 is 2.40 bits per heavy atom. The van der Waals surface area contributed by atoms with E-state index in [2.05, 4.69) is 20.6 Å². The average molecular weight is 160 g/mol. The zero-order valence-corrected chi connectivity index (χ0v) is 5.76. The number of nitrogen functional groups attached to an aromatic ring is 1. The van der Waals surface area contributed by atoms with Crippen LogP contribution in [-0.2, 0) is 0 Å². The zero-order valence-electron chi connectivity index (χ0n) is 5.00. The summed E-state index contributed by atoms with van der Waals surface area (Å²) < 4.78 is 0. The lowest BCUT2D eigenvalue weighted by Crippen LogP contribution is -2.10. The van der Waals surface area contributed by atoms with Crippen molar-refractivity contribution in [1.82, 2.24) is 15.1 Å². The van der Waals surface area contributed by atoms with Crippen LogP contribution in [0.3, 0.4) is 0 Å². The molecule has 0 fully saturated rings. The number of hydrogen-bond donors (Lipinski definition) is 3. The average Bonchev–Trinajstić information content (AvgIpc) is 1.88. The highest BCUT2D eigenvalue weighted by Crippen LogP contribution is 2.03. The van der Waals surface area contributed by atoms with Gasteiger partial charge in [-0.25, -0.2) is 0 Å². The third kappa shape index (κ3) is 1.71. The molecule has 0 unspecified atom stereocenters. The minimum absolute atomic E-state index is 0.481. The van der Waals surface area contributed by atoms with Crippen molar-refractivity contribution in [3.8, 4) is 0 Å². The van der Waals surface area contributed by atoms with E-state index >= 15 is 0 Å². The molecule has 1 aromatic rings. The molecule has 6 heteroatoms. The maximum atomic E-state index is 5.38. The van der Waals surface area contributed by atoms with E-state index in [1.807, 2.05) is 0 Å². The topological polar surface area (TPSA) is 75.9 Å². The highest BCUT2D eigenvalue weighted by molar-refractivity contribution is 6.13. The maximum absolute atomic E-state index is 5.38. The minimum atomic E-state index is 0.481. The van der Waals surface area contributed by atoms with Crippen LogP contribution in [0.15, 0.2) is 12.3 Å². The van der Waals surface area contributed by atoms with Crippen molar-refractivity contribution >= 4 is 23.3 Å². The fourth-order valence-electron chi connectivity index (χ4n) is 0.491. The summed E-state index contributed by atoms with van der Waals surface area (Å²) in [6.45, 7) is 0. The molecule has 0 radical (unpaired) electrons. The summed E-state index contributed by atoms with van der Waals surface area (Å²) in [5.74, 6) is 0.481. The predicted molar refractivity (Wildman–Crippen MR) is 39.1 cm³/mol. The zero-order chi connectivity index (χ0) is 7.40. The Balaban J connectivity index is 2.75. The number of nitrogens with one attached hydrogen (secondary N) is 2. The molecule has 54 valence electrons. The first-order valence-corrected chi connectivity index (χ1v) is 2.90. The van der Waals surface area contributed by atoms with Gasteiger partial charge in [0.1, 0.15) is 0 Å². The Morgan fingerprint density at radius 3 is 3.00 bits per heavy atom. The quantitative estimate of drug-likeness (QED) is 0.423. The van der Waals surface area contributed by atoms with Crippen LogP contribution < -0.4 is 16.1 Å². The Kier molecular flexibility index (Phi) is 2.24. The van der Waals surface area contributed by atoms with Gasteiger partial charge < -0.3 is 5.73 Å². The normalized spacial score (nSPS) is 9.30. The summed E-state index contributed by atoms with van der Waals surface area (Å²) in [6, 6.07) is 1.60. The second kappa shape index (κ2) is 3.19. The van der Waals surface area contributed by atoms with Crippen LogP contribution in [0.25, 0.3) is 0 Å². The fraction of sp³-hybridized carbons (Fsp3) is 0. The molecule has 0 saturated carbocycles. The van der Waals surface area contributed by atoms with Crippen molar-refractivity contribution in [2.45, 2.75) is 0 Å². The third-order valence-corrected chi connectivity index (χ3v) is 0.945. The van der Waals surface area contributed by atoms with E-state index in [1.54, 1.807) is 6.07 Å². The first kappa shape index (κ1) is 7.04. The van der Waals surface area contributed by atoms with Crippen LogP contribution in [0.4, 0.5) is 11.5 Å². The van der Waals surface area contributed by atoms with Gasteiger partial charge in [0.25, 0.3) is 0 Å². The molecule has 1 heterocycles. The van der Waals surface area contributed by atoms with Gasteiger partial charge in [0.05, 0.1) is 11.9 Å². The Morgan fingerprint density at radius 1 is 1.60 bits per heavy atom. The molecule has 0 spiro atoms. The van der Waals surface area contributed by atoms with Gasteiger partial charge in [-0.05, 0) is 11.8 Å². The molecule has 5 nitrogen and oxygen atoms in total. The van der Waals surface area contributed by atoms with Crippen LogP contribution in [0, 0.1) is 0 Å². The number of anilines is 2. The number of halogens is 1.